The van der Waals surface area contributed by atoms with Crippen molar-refractivity contribution in [2.24, 2.45) is 0 Å². The van der Waals surface area contributed by atoms with Gasteiger partial charge in [0, 0.05) is 28.4 Å². The standard InChI is InChI=1S/C21H22ClF3N2O2/c1-20(2)15-10-13(11-17(22)14(15)7-8-27(20)3)26-19(28)12-5-6-18(29-4)16(9-12)21(23,24)25/h5-6,9-11H,7-8H2,1-4H3,(H,26,28). The lowest BCUT2D eigenvalue weighted by molar-refractivity contribution is -0.138. The van der Waals surface area contributed by atoms with Crippen LogP contribution >= 0.6 is 11.6 Å². The second-order valence-electron chi connectivity index (χ2n) is 7.58. The fourth-order valence-corrected chi connectivity index (χ4v) is 3.86. The molecule has 0 spiro atoms. The Kier molecular flexibility index (Phi) is 5.58. The van der Waals surface area contributed by atoms with E-state index in [4.69, 9.17) is 16.3 Å². The van der Waals surface area contributed by atoms with Gasteiger partial charge in [-0.2, -0.15) is 13.2 Å². The second kappa shape index (κ2) is 7.54. The van der Waals surface area contributed by atoms with Crippen LogP contribution in [0, 0.1) is 0 Å². The summed E-state index contributed by atoms with van der Waals surface area (Å²) in [4.78, 5) is 14.8. The van der Waals surface area contributed by atoms with Crippen LogP contribution in [-0.2, 0) is 18.1 Å². The zero-order valence-corrected chi connectivity index (χ0v) is 17.3. The minimum atomic E-state index is -4.63. The quantitative estimate of drug-likeness (QED) is 0.720. The number of anilines is 1. The maximum atomic E-state index is 13.2. The first-order chi connectivity index (χ1) is 13.4. The van der Waals surface area contributed by atoms with Crippen molar-refractivity contribution >= 4 is 23.2 Å². The van der Waals surface area contributed by atoms with Gasteiger partial charge in [0.25, 0.3) is 5.91 Å². The summed E-state index contributed by atoms with van der Waals surface area (Å²) < 4.78 is 44.5. The summed E-state index contributed by atoms with van der Waals surface area (Å²) in [6.45, 7) is 4.98. The average molecular weight is 427 g/mol. The van der Waals surface area contributed by atoms with Gasteiger partial charge in [-0.05, 0) is 68.8 Å². The van der Waals surface area contributed by atoms with E-state index in [1.807, 2.05) is 13.1 Å². The normalized spacial score (nSPS) is 16.3. The van der Waals surface area contributed by atoms with Gasteiger partial charge in [-0.25, -0.2) is 0 Å². The molecule has 8 heteroatoms. The fraction of sp³-hybridized carbons (Fsp3) is 0.381. The molecule has 0 aliphatic carbocycles. The minimum absolute atomic E-state index is 0.122. The molecule has 1 aliphatic rings. The molecule has 2 aromatic rings. The van der Waals surface area contributed by atoms with E-state index in [1.165, 1.54) is 6.07 Å². The van der Waals surface area contributed by atoms with Crippen LogP contribution in [0.2, 0.25) is 5.02 Å². The van der Waals surface area contributed by atoms with Crippen molar-refractivity contribution in [3.8, 4) is 5.75 Å². The Balaban J connectivity index is 1.95. The lowest BCUT2D eigenvalue weighted by Crippen LogP contribution is -2.44. The number of nitrogens with zero attached hydrogens (tertiary/aromatic N) is 1. The Morgan fingerprint density at radius 3 is 2.55 bits per heavy atom. The number of nitrogens with one attached hydrogen (secondary N) is 1. The van der Waals surface area contributed by atoms with Gasteiger partial charge in [-0.1, -0.05) is 11.6 Å². The van der Waals surface area contributed by atoms with Crippen LogP contribution in [0.15, 0.2) is 30.3 Å². The van der Waals surface area contributed by atoms with Crippen LogP contribution in [0.3, 0.4) is 0 Å². The first-order valence-corrected chi connectivity index (χ1v) is 9.43. The predicted octanol–water partition coefficient (Wildman–Crippen LogP) is 5.34. The Labute approximate surface area is 172 Å². The van der Waals surface area contributed by atoms with Crippen molar-refractivity contribution in [2.75, 3.05) is 26.0 Å². The highest BCUT2D eigenvalue weighted by atomic mass is 35.5. The number of methoxy groups -OCH3 is 1. The summed E-state index contributed by atoms with van der Waals surface area (Å²) in [5.74, 6) is -0.994. The highest BCUT2D eigenvalue weighted by Gasteiger charge is 2.36. The zero-order valence-electron chi connectivity index (χ0n) is 16.6. The third kappa shape index (κ3) is 4.07. The summed E-state index contributed by atoms with van der Waals surface area (Å²) >= 11 is 6.44. The topological polar surface area (TPSA) is 41.6 Å². The zero-order chi connectivity index (χ0) is 21.6. The molecule has 0 saturated carbocycles. The number of ether oxygens (including phenoxy) is 1. The summed E-state index contributed by atoms with van der Waals surface area (Å²) in [6.07, 6.45) is -3.85. The number of carbonyl (C=O) groups is 1. The predicted molar refractivity (Wildman–Crippen MR) is 107 cm³/mol. The number of benzene rings is 2. The summed E-state index contributed by atoms with van der Waals surface area (Å²) in [5, 5.41) is 3.20. The molecular formula is C21H22ClF3N2O2. The van der Waals surface area contributed by atoms with Crippen LogP contribution in [0.25, 0.3) is 0 Å². The molecule has 0 aromatic heterocycles. The molecule has 156 valence electrons. The van der Waals surface area contributed by atoms with Crippen molar-refractivity contribution in [3.63, 3.8) is 0 Å². The van der Waals surface area contributed by atoms with Crippen molar-refractivity contribution < 1.29 is 22.7 Å². The van der Waals surface area contributed by atoms with E-state index < -0.39 is 17.6 Å². The molecule has 4 nitrogen and oxygen atoms in total. The molecular weight excluding hydrogens is 405 g/mol. The Morgan fingerprint density at radius 1 is 1.24 bits per heavy atom. The van der Waals surface area contributed by atoms with Crippen molar-refractivity contribution in [1.82, 2.24) is 4.90 Å². The van der Waals surface area contributed by atoms with E-state index in [1.54, 1.807) is 6.07 Å². The average Bonchev–Trinajstić information content (AvgIpc) is 2.64. The maximum Gasteiger partial charge on any atom is 0.419 e. The molecule has 0 saturated heterocycles. The van der Waals surface area contributed by atoms with Gasteiger partial charge in [-0.3, -0.25) is 9.69 Å². The molecule has 1 aliphatic heterocycles. The molecule has 2 aromatic carbocycles. The molecule has 0 radical (unpaired) electrons. The number of halogens is 4. The van der Waals surface area contributed by atoms with Gasteiger partial charge < -0.3 is 10.1 Å². The molecule has 3 rings (SSSR count). The van der Waals surface area contributed by atoms with E-state index in [0.717, 1.165) is 43.3 Å². The number of hydrogen-bond acceptors (Lipinski definition) is 3. The van der Waals surface area contributed by atoms with E-state index >= 15 is 0 Å². The third-order valence-electron chi connectivity index (χ3n) is 5.53. The summed E-state index contributed by atoms with van der Waals surface area (Å²) in [7, 11) is 3.16. The molecule has 0 atom stereocenters. The van der Waals surface area contributed by atoms with Gasteiger partial charge in [0.05, 0.1) is 12.7 Å². The lowest BCUT2D eigenvalue weighted by Gasteiger charge is -2.42. The van der Waals surface area contributed by atoms with Crippen LogP contribution in [0.4, 0.5) is 18.9 Å². The Hall–Kier alpha value is -2.25. The molecule has 0 bridgehead atoms. The lowest BCUT2D eigenvalue weighted by atomic mass is 9.83. The highest BCUT2D eigenvalue weighted by Crippen LogP contribution is 2.40. The maximum absolute atomic E-state index is 13.2. The van der Waals surface area contributed by atoms with Crippen molar-refractivity contribution in [3.05, 3.63) is 57.6 Å². The van der Waals surface area contributed by atoms with Gasteiger partial charge >= 0.3 is 6.18 Å². The van der Waals surface area contributed by atoms with E-state index in [2.05, 4.69) is 24.1 Å². The van der Waals surface area contributed by atoms with Gasteiger partial charge in [-0.15, -0.1) is 0 Å². The number of rotatable bonds is 3. The molecule has 1 N–H and O–H groups in total. The Morgan fingerprint density at radius 2 is 1.93 bits per heavy atom. The second-order valence-corrected chi connectivity index (χ2v) is 7.99. The molecule has 1 heterocycles. The number of carbonyl (C=O) groups excluding carboxylic acids is 1. The van der Waals surface area contributed by atoms with E-state index in [0.29, 0.717) is 10.7 Å². The first-order valence-electron chi connectivity index (χ1n) is 9.06. The molecule has 0 unspecified atom stereocenters. The largest absolute Gasteiger partial charge is 0.496 e. The van der Waals surface area contributed by atoms with Crippen LogP contribution in [-0.4, -0.2) is 31.5 Å². The SMILES string of the molecule is COc1ccc(C(=O)Nc2cc(Cl)c3c(c2)C(C)(C)N(C)CC3)cc1C(F)(F)F. The number of likely N-dealkylation sites (N-methyl/N-ethyl adjacent to an activating group) is 1. The minimum Gasteiger partial charge on any atom is -0.496 e. The molecule has 1 amide bonds. The van der Waals surface area contributed by atoms with E-state index in [9.17, 15) is 18.0 Å². The van der Waals surface area contributed by atoms with Crippen LogP contribution < -0.4 is 10.1 Å². The first kappa shape index (κ1) is 21.5. The molecule has 0 fully saturated rings. The Bertz CT molecular complexity index is 958. The third-order valence-corrected chi connectivity index (χ3v) is 5.87. The van der Waals surface area contributed by atoms with Crippen molar-refractivity contribution in [1.29, 1.82) is 0 Å². The number of hydrogen-bond donors (Lipinski definition) is 1. The van der Waals surface area contributed by atoms with Crippen LogP contribution in [0.5, 0.6) is 5.75 Å². The smallest absolute Gasteiger partial charge is 0.419 e. The number of amides is 1. The fourth-order valence-electron chi connectivity index (χ4n) is 3.55. The highest BCUT2D eigenvalue weighted by molar-refractivity contribution is 6.32. The summed E-state index contributed by atoms with van der Waals surface area (Å²) in [5.41, 5.74) is 1.03. The van der Waals surface area contributed by atoms with E-state index in [-0.39, 0.29) is 16.9 Å². The van der Waals surface area contributed by atoms with Crippen LogP contribution in [0.1, 0.15) is 40.9 Å². The van der Waals surface area contributed by atoms with Gasteiger partial charge in [0.1, 0.15) is 5.75 Å². The molecule has 29 heavy (non-hydrogen) atoms. The monoisotopic (exact) mass is 426 g/mol. The summed E-state index contributed by atoms with van der Waals surface area (Å²) in [6, 6.07) is 6.68. The van der Waals surface area contributed by atoms with Gasteiger partial charge in [0.2, 0.25) is 0 Å². The number of fused-ring (bicyclic) bond motifs is 1. The van der Waals surface area contributed by atoms with Crippen molar-refractivity contribution in [2.45, 2.75) is 32.0 Å². The number of alkyl halides is 3. The van der Waals surface area contributed by atoms with Gasteiger partial charge in [0.15, 0.2) is 0 Å².